The number of fused-ring (bicyclic) bond motifs is 3. The number of amides is 2. The molecule has 4 heteroatoms. The zero-order valence-electron chi connectivity index (χ0n) is 15.7. The molecule has 0 heterocycles. The maximum Gasteiger partial charge on any atom is 0.240 e. The molecule has 140 valence electrons. The fourth-order valence-corrected chi connectivity index (χ4v) is 3.99. The summed E-state index contributed by atoms with van der Waals surface area (Å²) in [7, 11) is 0. The SMILES string of the molecule is Cc1cccc(C[C@@H](NC(=O)C2c3ccccc3-c3ccccc32)C(N)=O)c1. The third-order valence-corrected chi connectivity index (χ3v) is 5.28. The van der Waals surface area contributed by atoms with Gasteiger partial charge in [0.2, 0.25) is 11.8 Å². The van der Waals surface area contributed by atoms with Gasteiger partial charge in [0.15, 0.2) is 0 Å². The Labute approximate surface area is 164 Å². The van der Waals surface area contributed by atoms with Gasteiger partial charge in [0.05, 0.1) is 5.92 Å². The molecule has 0 radical (unpaired) electrons. The van der Waals surface area contributed by atoms with Gasteiger partial charge in [0, 0.05) is 6.42 Å². The largest absolute Gasteiger partial charge is 0.368 e. The Bertz CT molecular complexity index is 1010. The number of benzene rings is 3. The lowest BCUT2D eigenvalue weighted by molar-refractivity contribution is -0.127. The Balaban J connectivity index is 1.62. The van der Waals surface area contributed by atoms with Crippen LogP contribution in [-0.2, 0) is 16.0 Å². The van der Waals surface area contributed by atoms with Crippen molar-refractivity contribution in [2.24, 2.45) is 5.73 Å². The van der Waals surface area contributed by atoms with E-state index in [0.29, 0.717) is 6.42 Å². The number of rotatable bonds is 5. The number of aryl methyl sites for hydroxylation is 1. The molecule has 3 N–H and O–H groups in total. The highest BCUT2D eigenvalue weighted by Crippen LogP contribution is 2.44. The number of primary amides is 1. The molecule has 0 fully saturated rings. The van der Waals surface area contributed by atoms with Crippen molar-refractivity contribution < 1.29 is 9.59 Å². The Morgan fingerprint density at radius 1 is 0.929 bits per heavy atom. The van der Waals surface area contributed by atoms with Gasteiger partial charge in [-0.3, -0.25) is 9.59 Å². The van der Waals surface area contributed by atoms with Crippen molar-refractivity contribution in [2.75, 3.05) is 0 Å². The molecule has 0 saturated heterocycles. The van der Waals surface area contributed by atoms with Crippen LogP contribution in [0.5, 0.6) is 0 Å². The maximum absolute atomic E-state index is 13.2. The van der Waals surface area contributed by atoms with Gasteiger partial charge < -0.3 is 11.1 Å². The molecule has 0 bridgehead atoms. The van der Waals surface area contributed by atoms with Gasteiger partial charge in [-0.1, -0.05) is 78.4 Å². The third-order valence-electron chi connectivity index (χ3n) is 5.28. The van der Waals surface area contributed by atoms with Crippen LogP contribution in [0.4, 0.5) is 0 Å². The summed E-state index contributed by atoms with van der Waals surface area (Å²) in [5, 5.41) is 2.89. The summed E-state index contributed by atoms with van der Waals surface area (Å²) in [5.74, 6) is -1.17. The second-order valence-corrected chi connectivity index (χ2v) is 7.26. The van der Waals surface area contributed by atoms with Gasteiger partial charge in [-0.15, -0.1) is 0 Å². The minimum Gasteiger partial charge on any atom is -0.368 e. The summed E-state index contributed by atoms with van der Waals surface area (Å²) in [6.07, 6.45) is 0.374. The van der Waals surface area contributed by atoms with E-state index in [4.69, 9.17) is 5.73 Å². The zero-order valence-corrected chi connectivity index (χ0v) is 15.7. The monoisotopic (exact) mass is 370 g/mol. The topological polar surface area (TPSA) is 72.2 Å². The minimum atomic E-state index is -0.755. The number of carbonyl (C=O) groups excluding carboxylic acids is 2. The van der Waals surface area contributed by atoms with Crippen LogP contribution in [0.25, 0.3) is 11.1 Å². The summed E-state index contributed by atoms with van der Waals surface area (Å²) in [4.78, 5) is 25.3. The van der Waals surface area contributed by atoms with E-state index in [9.17, 15) is 9.59 Å². The van der Waals surface area contributed by atoms with Crippen LogP contribution in [0.1, 0.15) is 28.2 Å². The van der Waals surface area contributed by atoms with Crippen molar-refractivity contribution in [3.05, 3.63) is 95.1 Å². The number of carbonyl (C=O) groups is 2. The molecule has 28 heavy (non-hydrogen) atoms. The van der Waals surface area contributed by atoms with Crippen molar-refractivity contribution >= 4 is 11.8 Å². The van der Waals surface area contributed by atoms with Gasteiger partial charge in [-0.25, -0.2) is 0 Å². The fraction of sp³-hybridized carbons (Fsp3) is 0.167. The van der Waals surface area contributed by atoms with Gasteiger partial charge >= 0.3 is 0 Å². The predicted octanol–water partition coefficient (Wildman–Crippen LogP) is 3.32. The Hall–Kier alpha value is -3.40. The summed E-state index contributed by atoms with van der Waals surface area (Å²) in [6, 6.07) is 22.9. The summed E-state index contributed by atoms with van der Waals surface area (Å²) >= 11 is 0. The quantitative estimate of drug-likeness (QED) is 0.723. The first-order valence-electron chi connectivity index (χ1n) is 9.38. The van der Waals surface area contributed by atoms with E-state index in [2.05, 4.69) is 5.32 Å². The first-order valence-corrected chi connectivity index (χ1v) is 9.38. The normalized spacial score (nSPS) is 13.5. The van der Waals surface area contributed by atoms with E-state index < -0.39 is 17.9 Å². The fourth-order valence-electron chi connectivity index (χ4n) is 3.99. The van der Waals surface area contributed by atoms with Crippen LogP contribution >= 0.6 is 0 Å². The molecule has 1 atom stereocenters. The van der Waals surface area contributed by atoms with Crippen molar-refractivity contribution in [3.8, 4) is 11.1 Å². The first kappa shape index (κ1) is 18.0. The van der Waals surface area contributed by atoms with Crippen LogP contribution < -0.4 is 11.1 Å². The molecule has 3 aromatic rings. The Morgan fingerprint density at radius 3 is 2.11 bits per heavy atom. The molecule has 4 rings (SSSR count). The summed E-state index contributed by atoms with van der Waals surface area (Å²) < 4.78 is 0. The van der Waals surface area contributed by atoms with Crippen LogP contribution in [-0.4, -0.2) is 17.9 Å². The van der Waals surface area contributed by atoms with Crippen molar-refractivity contribution in [2.45, 2.75) is 25.3 Å². The molecule has 3 aromatic carbocycles. The lowest BCUT2D eigenvalue weighted by Crippen LogP contribution is -2.47. The highest BCUT2D eigenvalue weighted by molar-refractivity contribution is 5.98. The van der Waals surface area contributed by atoms with Crippen LogP contribution in [0.15, 0.2) is 72.8 Å². The van der Waals surface area contributed by atoms with Gasteiger partial charge in [0.1, 0.15) is 6.04 Å². The highest BCUT2D eigenvalue weighted by Gasteiger charge is 2.34. The molecule has 4 nitrogen and oxygen atoms in total. The molecule has 0 saturated carbocycles. The lowest BCUT2D eigenvalue weighted by Gasteiger charge is -2.20. The molecule has 2 amide bonds. The zero-order chi connectivity index (χ0) is 19.7. The molecular formula is C24H22N2O2. The van der Waals surface area contributed by atoms with E-state index in [-0.39, 0.29) is 5.91 Å². The van der Waals surface area contributed by atoms with Crippen LogP contribution in [0.2, 0.25) is 0 Å². The minimum absolute atomic E-state index is 0.200. The predicted molar refractivity (Wildman–Crippen MR) is 110 cm³/mol. The molecule has 1 aliphatic rings. The Morgan fingerprint density at radius 2 is 1.54 bits per heavy atom. The summed E-state index contributed by atoms with van der Waals surface area (Å²) in [5.41, 5.74) is 11.7. The second-order valence-electron chi connectivity index (χ2n) is 7.26. The van der Waals surface area contributed by atoms with Gasteiger partial charge in [-0.05, 0) is 34.7 Å². The van der Waals surface area contributed by atoms with E-state index in [0.717, 1.165) is 33.4 Å². The summed E-state index contributed by atoms with van der Waals surface area (Å²) in [6.45, 7) is 1.99. The number of nitrogens with two attached hydrogens (primary N) is 1. The number of hydrogen-bond acceptors (Lipinski definition) is 2. The van der Waals surface area contributed by atoms with Crippen LogP contribution in [0, 0.1) is 6.92 Å². The van der Waals surface area contributed by atoms with Crippen molar-refractivity contribution in [1.29, 1.82) is 0 Å². The molecule has 0 unspecified atom stereocenters. The van der Waals surface area contributed by atoms with Crippen LogP contribution in [0.3, 0.4) is 0 Å². The highest BCUT2D eigenvalue weighted by atomic mass is 16.2. The molecule has 0 spiro atoms. The van der Waals surface area contributed by atoms with E-state index in [1.807, 2.05) is 79.7 Å². The second kappa shape index (κ2) is 7.31. The van der Waals surface area contributed by atoms with Gasteiger partial charge in [-0.2, -0.15) is 0 Å². The van der Waals surface area contributed by atoms with E-state index in [1.54, 1.807) is 0 Å². The smallest absolute Gasteiger partial charge is 0.240 e. The van der Waals surface area contributed by atoms with Crippen molar-refractivity contribution in [3.63, 3.8) is 0 Å². The Kier molecular flexibility index (Phi) is 4.70. The van der Waals surface area contributed by atoms with E-state index >= 15 is 0 Å². The molecule has 1 aliphatic carbocycles. The average molecular weight is 370 g/mol. The standard InChI is InChI=1S/C24H22N2O2/c1-15-7-6-8-16(13-15)14-21(23(25)27)26-24(28)22-19-11-4-2-9-17(19)18-10-3-5-12-20(18)22/h2-13,21-22H,14H2,1H3,(H2,25,27)(H,26,28)/t21-/m1/s1. The van der Waals surface area contributed by atoms with Gasteiger partial charge in [0.25, 0.3) is 0 Å². The van der Waals surface area contributed by atoms with E-state index in [1.165, 1.54) is 0 Å². The number of nitrogens with one attached hydrogen (secondary N) is 1. The molecular weight excluding hydrogens is 348 g/mol. The lowest BCUT2D eigenvalue weighted by atomic mass is 9.95. The van der Waals surface area contributed by atoms with Crippen molar-refractivity contribution in [1.82, 2.24) is 5.32 Å². The molecule has 0 aromatic heterocycles. The molecule has 0 aliphatic heterocycles. The number of hydrogen-bond donors (Lipinski definition) is 2. The average Bonchev–Trinajstić information content (AvgIpc) is 3.02. The maximum atomic E-state index is 13.2. The first-order chi connectivity index (χ1) is 13.5. The third kappa shape index (κ3) is 3.29.